The number of anilines is 1. The van der Waals surface area contributed by atoms with Gasteiger partial charge in [-0.3, -0.25) is 0 Å². The van der Waals surface area contributed by atoms with Crippen LogP contribution in [-0.4, -0.2) is 49.8 Å². The third-order valence-electron chi connectivity index (χ3n) is 9.74. The minimum atomic E-state index is -4.18. The molecule has 51 heavy (non-hydrogen) atoms. The third-order valence-corrected chi connectivity index (χ3v) is 11.3. The molecule has 0 saturated heterocycles. The van der Waals surface area contributed by atoms with Gasteiger partial charge in [0.15, 0.2) is 0 Å². The first-order valence-corrected chi connectivity index (χ1v) is 18.2. The van der Waals surface area contributed by atoms with Gasteiger partial charge in [-0.05, 0) is 110 Å². The molecule has 1 heterocycles. The molecule has 1 aliphatic heterocycles. The van der Waals surface area contributed by atoms with Crippen molar-refractivity contribution in [1.82, 2.24) is 5.32 Å². The van der Waals surface area contributed by atoms with E-state index in [-0.39, 0.29) is 35.4 Å². The summed E-state index contributed by atoms with van der Waals surface area (Å²) in [7, 11) is -4.18. The number of guanidine groups is 1. The van der Waals surface area contributed by atoms with Crippen molar-refractivity contribution in [3.8, 4) is 16.9 Å². The summed E-state index contributed by atoms with van der Waals surface area (Å²) in [5, 5.41) is 15.1. The number of benzene rings is 4. The topological polar surface area (TPSA) is 169 Å². The van der Waals surface area contributed by atoms with Crippen LogP contribution in [0.25, 0.3) is 11.1 Å². The molecule has 1 aliphatic carbocycles. The van der Waals surface area contributed by atoms with Crippen LogP contribution in [0.4, 0.5) is 10.5 Å². The van der Waals surface area contributed by atoms with Crippen LogP contribution in [0, 0.1) is 20.8 Å². The van der Waals surface area contributed by atoms with E-state index in [1.54, 1.807) is 38.1 Å². The molecule has 0 fully saturated rings. The van der Waals surface area contributed by atoms with Crippen molar-refractivity contribution in [3.63, 3.8) is 0 Å². The summed E-state index contributed by atoms with van der Waals surface area (Å²) >= 11 is 0. The SMILES string of the molecule is Cc1c(C)c(S(=O)(=O)N=C(N)Nc2ccc(CC(NC(=O)OCC3c4ccccc4-c4ccccc43)C(=O)O)cc2)c(C)c2c1OC(C)(C)CC2. The lowest BCUT2D eigenvalue weighted by atomic mass is 9.88. The zero-order chi connectivity index (χ0) is 36.7. The maximum atomic E-state index is 13.5. The number of rotatable bonds is 9. The second-order valence-electron chi connectivity index (χ2n) is 13.7. The number of sulfonamides is 1. The summed E-state index contributed by atoms with van der Waals surface area (Å²) in [6.45, 7) is 9.45. The highest BCUT2D eigenvalue weighted by molar-refractivity contribution is 7.90. The molecule has 0 bridgehead atoms. The van der Waals surface area contributed by atoms with Gasteiger partial charge in [-0.1, -0.05) is 60.7 Å². The molecule has 4 aromatic rings. The van der Waals surface area contributed by atoms with Crippen LogP contribution in [0.15, 0.2) is 82.1 Å². The number of nitrogens with one attached hydrogen (secondary N) is 2. The van der Waals surface area contributed by atoms with E-state index in [9.17, 15) is 23.1 Å². The van der Waals surface area contributed by atoms with Crippen molar-refractivity contribution in [3.05, 3.63) is 112 Å². The first kappa shape index (κ1) is 35.5. The molecule has 2 aliphatic rings. The second kappa shape index (κ2) is 13.7. The number of amides is 1. The summed E-state index contributed by atoms with van der Waals surface area (Å²) in [4.78, 5) is 25.0. The average Bonchev–Trinajstić information content (AvgIpc) is 3.39. The molecule has 0 saturated carbocycles. The number of hydrogen-bond donors (Lipinski definition) is 4. The van der Waals surface area contributed by atoms with Gasteiger partial charge < -0.3 is 30.9 Å². The van der Waals surface area contributed by atoms with Crippen LogP contribution in [-0.2, 0) is 32.4 Å². The number of hydrogen-bond acceptors (Lipinski definition) is 6. The highest BCUT2D eigenvalue weighted by Gasteiger charge is 2.34. The minimum Gasteiger partial charge on any atom is -0.487 e. The summed E-state index contributed by atoms with van der Waals surface area (Å²) in [5.41, 5.74) is 13.9. The largest absolute Gasteiger partial charge is 0.487 e. The fourth-order valence-electron chi connectivity index (χ4n) is 7.02. The third kappa shape index (κ3) is 7.27. The Morgan fingerprint density at radius 1 is 0.961 bits per heavy atom. The van der Waals surface area contributed by atoms with E-state index in [0.29, 0.717) is 28.8 Å². The monoisotopic (exact) mass is 710 g/mol. The van der Waals surface area contributed by atoms with Gasteiger partial charge in [0.25, 0.3) is 10.0 Å². The molecule has 5 N–H and O–H groups in total. The van der Waals surface area contributed by atoms with Crippen LogP contribution in [0.5, 0.6) is 5.75 Å². The van der Waals surface area contributed by atoms with E-state index in [4.69, 9.17) is 15.2 Å². The molecule has 6 rings (SSSR count). The Balaban J connectivity index is 1.09. The maximum absolute atomic E-state index is 13.5. The number of carbonyl (C=O) groups excluding carboxylic acids is 1. The van der Waals surface area contributed by atoms with Gasteiger partial charge in [-0.25, -0.2) is 9.59 Å². The first-order chi connectivity index (χ1) is 24.1. The highest BCUT2D eigenvalue weighted by Crippen LogP contribution is 2.45. The normalized spacial score (nSPS) is 15.5. The maximum Gasteiger partial charge on any atom is 0.407 e. The van der Waals surface area contributed by atoms with Crippen LogP contribution < -0.4 is 21.1 Å². The average molecular weight is 711 g/mol. The number of ether oxygens (including phenoxy) is 2. The molecule has 4 aromatic carbocycles. The van der Waals surface area contributed by atoms with Gasteiger partial charge >= 0.3 is 12.1 Å². The Labute approximate surface area is 298 Å². The Kier molecular flexibility index (Phi) is 9.56. The van der Waals surface area contributed by atoms with Gasteiger partial charge in [-0.15, -0.1) is 4.40 Å². The molecular formula is C39H42N4O7S. The molecule has 11 nitrogen and oxygen atoms in total. The molecule has 1 atom stereocenters. The molecule has 266 valence electrons. The van der Waals surface area contributed by atoms with Crippen LogP contribution in [0.1, 0.15) is 65.1 Å². The smallest absolute Gasteiger partial charge is 0.407 e. The number of nitrogens with zero attached hydrogens (tertiary/aromatic N) is 1. The molecule has 0 aromatic heterocycles. The van der Waals surface area contributed by atoms with Crippen molar-refractivity contribution in [2.45, 2.75) is 76.3 Å². The summed E-state index contributed by atoms with van der Waals surface area (Å²) in [6, 6.07) is 21.2. The minimum absolute atomic E-state index is 0.0190. The fraction of sp³-hybridized carbons (Fsp3) is 0.308. The summed E-state index contributed by atoms with van der Waals surface area (Å²) in [5.74, 6) is -0.968. The summed E-state index contributed by atoms with van der Waals surface area (Å²) in [6.07, 6.45) is 0.592. The Morgan fingerprint density at radius 3 is 2.18 bits per heavy atom. The molecule has 1 amide bonds. The van der Waals surface area contributed by atoms with E-state index < -0.39 is 28.1 Å². The zero-order valence-electron chi connectivity index (χ0n) is 29.2. The van der Waals surface area contributed by atoms with Gasteiger partial charge in [0.05, 0.1) is 4.90 Å². The number of nitrogens with two attached hydrogens (primary N) is 1. The Bertz CT molecular complexity index is 2120. The Morgan fingerprint density at radius 2 is 1.57 bits per heavy atom. The van der Waals surface area contributed by atoms with Gasteiger partial charge in [0.1, 0.15) is 24.0 Å². The molecule has 0 spiro atoms. The number of alkyl carbamates (subject to hydrolysis) is 1. The molecular weight excluding hydrogens is 669 g/mol. The van der Waals surface area contributed by atoms with Gasteiger partial charge in [0, 0.05) is 18.0 Å². The Hall–Kier alpha value is -5.36. The van der Waals surface area contributed by atoms with Crippen molar-refractivity contribution in [2.75, 3.05) is 11.9 Å². The van der Waals surface area contributed by atoms with Crippen LogP contribution in [0.3, 0.4) is 0 Å². The fourth-order valence-corrected chi connectivity index (χ4v) is 8.47. The lowest BCUT2D eigenvalue weighted by Crippen LogP contribution is -2.42. The van der Waals surface area contributed by atoms with E-state index >= 15 is 0 Å². The molecule has 12 heteroatoms. The standard InChI is InChI=1S/C39H42N4O7S/c1-22-23(2)35(24(3)27-18-19-39(4,5)50-34(22)27)51(47,48)43-37(40)41-26-16-14-25(15-17-26)20-33(36(44)45)42-38(46)49-21-32-30-12-8-6-10-28(30)29-11-7-9-13-31(29)32/h6-17,32-33H,18-21H2,1-5H3,(H,42,46)(H,44,45)(H3,40,41,43). The lowest BCUT2D eigenvalue weighted by Gasteiger charge is -2.35. The number of fused-ring (bicyclic) bond motifs is 4. The van der Waals surface area contributed by atoms with Gasteiger partial charge in [-0.2, -0.15) is 8.42 Å². The van der Waals surface area contributed by atoms with Gasteiger partial charge in [0.2, 0.25) is 5.96 Å². The van der Waals surface area contributed by atoms with E-state index in [2.05, 4.69) is 15.0 Å². The molecule has 0 radical (unpaired) electrons. The van der Waals surface area contributed by atoms with Crippen molar-refractivity contribution >= 4 is 33.7 Å². The first-order valence-electron chi connectivity index (χ1n) is 16.8. The van der Waals surface area contributed by atoms with Crippen molar-refractivity contribution in [2.24, 2.45) is 10.1 Å². The number of aliphatic carboxylic acids is 1. The van der Waals surface area contributed by atoms with E-state index in [1.165, 1.54) is 0 Å². The number of carbonyl (C=O) groups is 2. The predicted octanol–water partition coefficient (Wildman–Crippen LogP) is 6.37. The zero-order valence-corrected chi connectivity index (χ0v) is 30.1. The van der Waals surface area contributed by atoms with Crippen LogP contribution >= 0.6 is 0 Å². The van der Waals surface area contributed by atoms with Crippen molar-refractivity contribution < 1.29 is 32.6 Å². The lowest BCUT2D eigenvalue weighted by molar-refractivity contribution is -0.139. The van der Waals surface area contributed by atoms with Crippen LogP contribution in [0.2, 0.25) is 0 Å². The number of carboxylic acid groups (broad SMARTS) is 1. The quantitative estimate of drug-likeness (QED) is 0.114. The van der Waals surface area contributed by atoms with Crippen molar-refractivity contribution in [1.29, 1.82) is 0 Å². The second-order valence-corrected chi connectivity index (χ2v) is 15.3. The predicted molar refractivity (Wildman–Crippen MR) is 196 cm³/mol. The van der Waals surface area contributed by atoms with E-state index in [1.807, 2.05) is 69.3 Å². The highest BCUT2D eigenvalue weighted by atomic mass is 32.2. The molecule has 1 unspecified atom stereocenters. The van der Waals surface area contributed by atoms with E-state index in [0.717, 1.165) is 45.6 Å². The number of carboxylic acids is 1. The summed E-state index contributed by atoms with van der Waals surface area (Å²) < 4.78 is 42.8.